The molecule has 1 atom stereocenters. The molecule has 2 aromatic rings. The molecule has 0 aliphatic heterocycles. The minimum Gasteiger partial charge on any atom is -0.497 e. The van der Waals surface area contributed by atoms with Crippen LogP contribution in [0.4, 0.5) is 0 Å². The summed E-state index contributed by atoms with van der Waals surface area (Å²) in [5.41, 5.74) is 0.924. The Morgan fingerprint density at radius 3 is 2.62 bits per heavy atom. The molecule has 26 heavy (non-hydrogen) atoms. The van der Waals surface area contributed by atoms with E-state index in [1.807, 2.05) is 24.3 Å². The first-order chi connectivity index (χ1) is 12.5. The Balaban J connectivity index is 1.77. The molecule has 1 amide bonds. The van der Waals surface area contributed by atoms with E-state index in [0.29, 0.717) is 22.7 Å². The lowest BCUT2D eigenvalue weighted by molar-refractivity contribution is -0.119. The normalized spacial score (nSPS) is 12.2. The first-order valence-corrected chi connectivity index (χ1v) is 9.95. The summed E-state index contributed by atoms with van der Waals surface area (Å²) in [6.45, 7) is 6.49. The maximum atomic E-state index is 12.1. The molecule has 0 fully saturated rings. The minimum absolute atomic E-state index is 0.0165. The maximum absolute atomic E-state index is 12.1. The van der Waals surface area contributed by atoms with Gasteiger partial charge in [0.1, 0.15) is 5.75 Å². The molecule has 6 nitrogen and oxygen atoms in total. The van der Waals surface area contributed by atoms with Crippen LogP contribution in [0.1, 0.15) is 40.0 Å². The van der Waals surface area contributed by atoms with E-state index in [9.17, 15) is 4.79 Å². The highest BCUT2D eigenvalue weighted by Gasteiger charge is 2.11. The van der Waals surface area contributed by atoms with Crippen molar-refractivity contribution in [3.8, 4) is 17.1 Å². The number of aromatic amines is 1. The predicted molar refractivity (Wildman–Crippen MR) is 105 cm³/mol. The molecule has 0 spiro atoms. The molecule has 1 aromatic heterocycles. The zero-order valence-corrected chi connectivity index (χ0v) is 16.7. The van der Waals surface area contributed by atoms with Crippen molar-refractivity contribution in [1.82, 2.24) is 20.5 Å². The summed E-state index contributed by atoms with van der Waals surface area (Å²) >= 11 is 1.33. The molecule has 0 saturated heterocycles. The van der Waals surface area contributed by atoms with Crippen LogP contribution >= 0.6 is 11.8 Å². The van der Waals surface area contributed by atoms with Gasteiger partial charge in [0.2, 0.25) is 11.1 Å². The van der Waals surface area contributed by atoms with Crippen molar-refractivity contribution in [2.45, 2.75) is 51.2 Å². The summed E-state index contributed by atoms with van der Waals surface area (Å²) in [4.78, 5) is 16.5. The van der Waals surface area contributed by atoms with Crippen molar-refractivity contribution < 1.29 is 9.53 Å². The summed E-state index contributed by atoms with van der Waals surface area (Å²) in [6, 6.07) is 7.78. The Morgan fingerprint density at radius 1 is 1.23 bits per heavy atom. The monoisotopic (exact) mass is 376 g/mol. The standard InChI is InChI=1S/C19H28N4O2S/c1-13(2)6-5-7-14(3)20-17(24)12-26-19-21-18(22-23-19)15-8-10-16(25-4)11-9-15/h8-11,13-14H,5-7,12H2,1-4H3,(H,20,24)(H,21,22,23). The molecule has 1 heterocycles. The molecular weight excluding hydrogens is 348 g/mol. The molecule has 0 aliphatic carbocycles. The zero-order chi connectivity index (χ0) is 18.9. The van der Waals surface area contributed by atoms with Gasteiger partial charge in [-0.15, -0.1) is 5.10 Å². The number of methoxy groups -OCH3 is 1. The SMILES string of the molecule is COc1ccc(-c2nc(SCC(=O)NC(C)CCCC(C)C)n[nH]2)cc1. The Bertz CT molecular complexity index is 685. The number of hydrogen-bond donors (Lipinski definition) is 2. The third kappa shape index (κ3) is 6.71. The lowest BCUT2D eigenvalue weighted by atomic mass is 10.0. The van der Waals surface area contributed by atoms with Crippen molar-refractivity contribution >= 4 is 17.7 Å². The van der Waals surface area contributed by atoms with Crippen molar-refractivity contribution in [3.05, 3.63) is 24.3 Å². The Kier molecular flexibility index (Phi) is 7.97. The maximum Gasteiger partial charge on any atom is 0.230 e. The molecule has 0 saturated carbocycles. The predicted octanol–water partition coefficient (Wildman–Crippen LogP) is 3.90. The number of nitrogens with one attached hydrogen (secondary N) is 2. The number of nitrogens with zero attached hydrogens (tertiary/aromatic N) is 2. The summed E-state index contributed by atoms with van der Waals surface area (Å²) in [7, 11) is 1.63. The number of H-pyrrole nitrogens is 1. The second-order valence-electron chi connectivity index (χ2n) is 6.78. The summed E-state index contributed by atoms with van der Waals surface area (Å²) in [6.07, 6.45) is 3.34. The molecule has 1 unspecified atom stereocenters. The fourth-order valence-corrected chi connectivity index (χ4v) is 3.15. The van der Waals surface area contributed by atoms with Gasteiger partial charge in [-0.05, 0) is 43.5 Å². The number of amides is 1. The number of rotatable bonds is 10. The van der Waals surface area contributed by atoms with E-state index in [4.69, 9.17) is 4.74 Å². The molecule has 0 radical (unpaired) electrons. The Labute approximate surface area is 159 Å². The van der Waals surface area contributed by atoms with Crippen LogP contribution in [0, 0.1) is 5.92 Å². The van der Waals surface area contributed by atoms with E-state index >= 15 is 0 Å². The number of carbonyl (C=O) groups is 1. The number of thioether (sulfide) groups is 1. The molecule has 2 rings (SSSR count). The first-order valence-electron chi connectivity index (χ1n) is 8.97. The second kappa shape index (κ2) is 10.2. The van der Waals surface area contributed by atoms with Crippen molar-refractivity contribution in [2.75, 3.05) is 12.9 Å². The lowest BCUT2D eigenvalue weighted by Gasteiger charge is -2.14. The van der Waals surface area contributed by atoms with Crippen LogP contribution in [0.2, 0.25) is 0 Å². The number of aromatic nitrogens is 3. The topological polar surface area (TPSA) is 79.9 Å². The summed E-state index contributed by atoms with van der Waals surface area (Å²) in [5.74, 6) is 2.51. The van der Waals surface area contributed by atoms with Gasteiger partial charge < -0.3 is 10.1 Å². The van der Waals surface area contributed by atoms with Gasteiger partial charge in [0, 0.05) is 11.6 Å². The van der Waals surface area contributed by atoms with Crippen LogP contribution in [0.25, 0.3) is 11.4 Å². The minimum atomic E-state index is 0.0165. The van der Waals surface area contributed by atoms with Gasteiger partial charge in [-0.25, -0.2) is 4.98 Å². The van der Waals surface area contributed by atoms with E-state index < -0.39 is 0 Å². The number of ether oxygens (including phenoxy) is 1. The van der Waals surface area contributed by atoms with Crippen LogP contribution in [0.5, 0.6) is 5.75 Å². The molecule has 2 N–H and O–H groups in total. The van der Waals surface area contributed by atoms with Gasteiger partial charge in [0.05, 0.1) is 12.9 Å². The Morgan fingerprint density at radius 2 is 1.96 bits per heavy atom. The largest absolute Gasteiger partial charge is 0.497 e. The van der Waals surface area contributed by atoms with Crippen LogP contribution < -0.4 is 10.1 Å². The molecule has 0 bridgehead atoms. The summed E-state index contributed by atoms with van der Waals surface area (Å²) in [5, 5.41) is 10.7. The van der Waals surface area contributed by atoms with E-state index in [-0.39, 0.29) is 11.9 Å². The smallest absolute Gasteiger partial charge is 0.230 e. The van der Waals surface area contributed by atoms with Crippen molar-refractivity contribution in [1.29, 1.82) is 0 Å². The van der Waals surface area contributed by atoms with Gasteiger partial charge in [0.15, 0.2) is 5.82 Å². The zero-order valence-electron chi connectivity index (χ0n) is 15.9. The lowest BCUT2D eigenvalue weighted by Crippen LogP contribution is -2.33. The van der Waals surface area contributed by atoms with Crippen molar-refractivity contribution in [2.24, 2.45) is 5.92 Å². The fraction of sp³-hybridized carbons (Fsp3) is 0.526. The van der Waals surface area contributed by atoms with E-state index in [1.54, 1.807) is 7.11 Å². The average Bonchev–Trinajstić information content (AvgIpc) is 3.08. The molecule has 0 aliphatic rings. The van der Waals surface area contributed by atoms with Crippen molar-refractivity contribution in [3.63, 3.8) is 0 Å². The fourth-order valence-electron chi connectivity index (χ4n) is 2.54. The average molecular weight is 377 g/mol. The molecular formula is C19H28N4O2S. The first kappa shape index (κ1) is 20.3. The summed E-state index contributed by atoms with van der Waals surface area (Å²) < 4.78 is 5.15. The van der Waals surface area contributed by atoms with E-state index in [1.165, 1.54) is 18.2 Å². The van der Waals surface area contributed by atoms with Crippen LogP contribution in [0.3, 0.4) is 0 Å². The number of hydrogen-bond acceptors (Lipinski definition) is 5. The van der Waals surface area contributed by atoms with E-state index in [0.717, 1.165) is 24.2 Å². The van der Waals surface area contributed by atoms with Crippen LogP contribution in [0.15, 0.2) is 29.4 Å². The third-order valence-electron chi connectivity index (χ3n) is 3.99. The number of benzene rings is 1. The molecule has 142 valence electrons. The van der Waals surface area contributed by atoms with Gasteiger partial charge in [-0.2, -0.15) is 0 Å². The van der Waals surface area contributed by atoms with Gasteiger partial charge in [0.25, 0.3) is 0 Å². The molecule has 7 heteroatoms. The third-order valence-corrected chi connectivity index (χ3v) is 4.83. The highest BCUT2D eigenvalue weighted by Crippen LogP contribution is 2.21. The van der Waals surface area contributed by atoms with Crippen LogP contribution in [-0.4, -0.2) is 40.0 Å². The number of carbonyl (C=O) groups excluding carboxylic acids is 1. The quantitative estimate of drug-likeness (QED) is 0.615. The highest BCUT2D eigenvalue weighted by atomic mass is 32.2. The van der Waals surface area contributed by atoms with Gasteiger partial charge in [-0.3, -0.25) is 9.89 Å². The van der Waals surface area contributed by atoms with Gasteiger partial charge >= 0.3 is 0 Å². The highest BCUT2D eigenvalue weighted by molar-refractivity contribution is 7.99. The van der Waals surface area contributed by atoms with Crippen LogP contribution in [-0.2, 0) is 4.79 Å². The Hall–Kier alpha value is -2.02. The second-order valence-corrected chi connectivity index (χ2v) is 7.72. The van der Waals surface area contributed by atoms with Gasteiger partial charge in [-0.1, -0.05) is 38.5 Å². The van der Waals surface area contributed by atoms with E-state index in [2.05, 4.69) is 41.3 Å². The molecule has 1 aromatic carbocycles.